The molecule has 1 fully saturated rings. The second-order valence-corrected chi connectivity index (χ2v) is 6.57. The largest absolute Gasteiger partial charge is 0.313 e. The Hall–Kier alpha value is -1.08. The molecule has 0 radical (unpaired) electrons. The van der Waals surface area contributed by atoms with Crippen LogP contribution in [0.5, 0.6) is 0 Å². The van der Waals surface area contributed by atoms with Crippen LogP contribution in [-0.4, -0.2) is 12.6 Å². The van der Waals surface area contributed by atoms with Gasteiger partial charge in [-0.15, -0.1) is 6.58 Å². The van der Waals surface area contributed by atoms with E-state index in [9.17, 15) is 0 Å². The van der Waals surface area contributed by atoms with Crippen LogP contribution in [0.3, 0.4) is 0 Å². The van der Waals surface area contributed by atoms with Crippen LogP contribution < -0.4 is 5.32 Å². The van der Waals surface area contributed by atoms with E-state index in [1.54, 1.807) is 0 Å². The Kier molecular flexibility index (Phi) is 4.15. The SMILES string of the molecule is C=CC(C)(CNC1CC1)Cc1c(C)cc(C)cc1C. The van der Waals surface area contributed by atoms with Crippen LogP contribution in [0.4, 0.5) is 0 Å². The summed E-state index contributed by atoms with van der Waals surface area (Å²) in [4.78, 5) is 0. The zero-order chi connectivity index (χ0) is 14.0. The van der Waals surface area contributed by atoms with E-state index in [4.69, 9.17) is 0 Å². The van der Waals surface area contributed by atoms with Gasteiger partial charge in [0, 0.05) is 18.0 Å². The highest BCUT2D eigenvalue weighted by atomic mass is 15.0. The summed E-state index contributed by atoms with van der Waals surface area (Å²) in [5.74, 6) is 0. The second kappa shape index (κ2) is 5.50. The van der Waals surface area contributed by atoms with Gasteiger partial charge >= 0.3 is 0 Å². The second-order valence-electron chi connectivity index (χ2n) is 6.57. The fraction of sp³-hybridized carbons (Fsp3) is 0.556. The molecule has 0 heterocycles. The minimum atomic E-state index is 0.146. The summed E-state index contributed by atoms with van der Waals surface area (Å²) in [7, 11) is 0. The zero-order valence-electron chi connectivity index (χ0n) is 12.8. The van der Waals surface area contributed by atoms with E-state index in [0.717, 1.165) is 19.0 Å². The molecule has 0 aromatic heterocycles. The van der Waals surface area contributed by atoms with E-state index in [1.165, 1.54) is 35.1 Å². The van der Waals surface area contributed by atoms with Crippen LogP contribution in [0.15, 0.2) is 24.8 Å². The van der Waals surface area contributed by atoms with Gasteiger partial charge in [-0.05, 0) is 56.7 Å². The summed E-state index contributed by atoms with van der Waals surface area (Å²) >= 11 is 0. The summed E-state index contributed by atoms with van der Waals surface area (Å²) in [5, 5.41) is 3.65. The van der Waals surface area contributed by atoms with E-state index < -0.39 is 0 Å². The first-order valence-electron chi connectivity index (χ1n) is 7.37. The van der Waals surface area contributed by atoms with Gasteiger partial charge in [0.05, 0.1) is 0 Å². The Morgan fingerprint density at radius 3 is 2.32 bits per heavy atom. The van der Waals surface area contributed by atoms with Crippen molar-refractivity contribution < 1.29 is 0 Å². The summed E-state index contributed by atoms with van der Waals surface area (Å²) in [6.07, 6.45) is 5.89. The third-order valence-corrected chi connectivity index (χ3v) is 4.29. The molecule has 1 aromatic rings. The highest BCUT2D eigenvalue weighted by molar-refractivity contribution is 5.38. The lowest BCUT2D eigenvalue weighted by Crippen LogP contribution is -2.33. The lowest BCUT2D eigenvalue weighted by Gasteiger charge is -2.28. The summed E-state index contributed by atoms with van der Waals surface area (Å²) in [5.41, 5.74) is 5.82. The molecule has 1 aliphatic carbocycles. The van der Waals surface area contributed by atoms with Crippen molar-refractivity contribution >= 4 is 0 Å². The molecule has 0 saturated heterocycles. The molecule has 1 aliphatic rings. The van der Waals surface area contributed by atoms with E-state index in [-0.39, 0.29) is 5.41 Å². The van der Waals surface area contributed by atoms with Crippen LogP contribution in [0.1, 0.15) is 42.0 Å². The van der Waals surface area contributed by atoms with Gasteiger partial charge in [0.1, 0.15) is 0 Å². The maximum Gasteiger partial charge on any atom is 0.00685 e. The maximum atomic E-state index is 4.06. The Morgan fingerprint density at radius 1 is 1.26 bits per heavy atom. The molecule has 0 bridgehead atoms. The molecule has 0 amide bonds. The van der Waals surface area contributed by atoms with Crippen LogP contribution in [-0.2, 0) is 6.42 Å². The molecule has 1 unspecified atom stereocenters. The Balaban J connectivity index is 2.14. The van der Waals surface area contributed by atoms with E-state index >= 15 is 0 Å². The monoisotopic (exact) mass is 257 g/mol. The van der Waals surface area contributed by atoms with Crippen molar-refractivity contribution in [3.05, 3.63) is 47.0 Å². The minimum Gasteiger partial charge on any atom is -0.313 e. The highest BCUT2D eigenvalue weighted by Crippen LogP contribution is 2.29. The first-order chi connectivity index (χ1) is 8.93. The van der Waals surface area contributed by atoms with Crippen LogP contribution >= 0.6 is 0 Å². The molecule has 0 spiro atoms. The molecule has 1 N–H and O–H groups in total. The van der Waals surface area contributed by atoms with Crippen molar-refractivity contribution in [1.82, 2.24) is 5.32 Å². The van der Waals surface area contributed by atoms with E-state index in [1.807, 2.05) is 0 Å². The Bertz CT molecular complexity index is 448. The molecular weight excluding hydrogens is 230 g/mol. The quantitative estimate of drug-likeness (QED) is 0.757. The van der Waals surface area contributed by atoms with Crippen molar-refractivity contribution in [2.24, 2.45) is 5.41 Å². The number of aryl methyl sites for hydroxylation is 3. The first kappa shape index (κ1) is 14.3. The third kappa shape index (κ3) is 3.70. The van der Waals surface area contributed by atoms with Crippen molar-refractivity contribution in [3.63, 3.8) is 0 Å². The molecule has 1 saturated carbocycles. The lowest BCUT2D eigenvalue weighted by atomic mass is 9.80. The molecule has 1 heteroatoms. The molecular formula is C18H27N. The van der Waals surface area contributed by atoms with Gasteiger partial charge in [-0.2, -0.15) is 0 Å². The molecule has 104 valence electrons. The Labute approximate surface area is 118 Å². The standard InChI is InChI=1S/C18H27N/c1-6-18(5,12-19-16-7-8-16)11-17-14(3)9-13(2)10-15(17)4/h6,9-10,16,19H,1,7-8,11-12H2,2-5H3. The average Bonchev–Trinajstić information content (AvgIpc) is 3.15. The summed E-state index contributed by atoms with van der Waals surface area (Å²) < 4.78 is 0. The molecule has 1 nitrogen and oxygen atoms in total. The average molecular weight is 257 g/mol. The number of hydrogen-bond donors (Lipinski definition) is 1. The molecule has 1 atom stereocenters. The predicted octanol–water partition coefficient (Wildman–Crippen LogP) is 4.10. The fourth-order valence-electron chi connectivity index (χ4n) is 2.76. The van der Waals surface area contributed by atoms with Crippen LogP contribution in [0, 0.1) is 26.2 Å². The van der Waals surface area contributed by atoms with Crippen LogP contribution in [0.25, 0.3) is 0 Å². The molecule has 19 heavy (non-hydrogen) atoms. The minimum absolute atomic E-state index is 0.146. The van der Waals surface area contributed by atoms with Crippen molar-refractivity contribution in [2.75, 3.05) is 6.54 Å². The molecule has 2 rings (SSSR count). The molecule has 1 aromatic carbocycles. The summed E-state index contributed by atoms with van der Waals surface area (Å²) in [6.45, 7) is 14.0. The van der Waals surface area contributed by atoms with Gasteiger partial charge in [-0.25, -0.2) is 0 Å². The number of rotatable bonds is 6. The lowest BCUT2D eigenvalue weighted by molar-refractivity contribution is 0.388. The van der Waals surface area contributed by atoms with Crippen molar-refractivity contribution in [1.29, 1.82) is 0 Å². The first-order valence-corrected chi connectivity index (χ1v) is 7.37. The van der Waals surface area contributed by atoms with Gasteiger partial charge in [-0.3, -0.25) is 0 Å². The van der Waals surface area contributed by atoms with E-state index in [0.29, 0.717) is 0 Å². The maximum absolute atomic E-state index is 4.06. The van der Waals surface area contributed by atoms with E-state index in [2.05, 4.69) is 57.8 Å². The van der Waals surface area contributed by atoms with Gasteiger partial charge in [0.25, 0.3) is 0 Å². The number of benzene rings is 1. The van der Waals surface area contributed by atoms with Gasteiger partial charge in [0.15, 0.2) is 0 Å². The highest BCUT2D eigenvalue weighted by Gasteiger charge is 2.27. The topological polar surface area (TPSA) is 12.0 Å². The van der Waals surface area contributed by atoms with Gasteiger partial charge < -0.3 is 5.32 Å². The summed E-state index contributed by atoms with van der Waals surface area (Å²) in [6, 6.07) is 5.35. The van der Waals surface area contributed by atoms with Crippen molar-refractivity contribution in [2.45, 2.75) is 53.0 Å². The normalized spacial score (nSPS) is 18.1. The van der Waals surface area contributed by atoms with Crippen molar-refractivity contribution in [3.8, 4) is 0 Å². The van der Waals surface area contributed by atoms with Crippen LogP contribution in [0.2, 0.25) is 0 Å². The van der Waals surface area contributed by atoms with Gasteiger partial charge in [0.2, 0.25) is 0 Å². The molecule has 0 aliphatic heterocycles. The third-order valence-electron chi connectivity index (χ3n) is 4.29. The Morgan fingerprint density at radius 2 is 1.84 bits per heavy atom. The fourth-order valence-corrected chi connectivity index (χ4v) is 2.76. The number of nitrogens with one attached hydrogen (secondary N) is 1. The predicted molar refractivity (Wildman–Crippen MR) is 83.7 cm³/mol. The van der Waals surface area contributed by atoms with Gasteiger partial charge in [-0.1, -0.05) is 30.7 Å². The zero-order valence-corrected chi connectivity index (χ0v) is 12.8. The smallest absolute Gasteiger partial charge is 0.00685 e. The number of hydrogen-bond acceptors (Lipinski definition) is 1.